The van der Waals surface area contributed by atoms with Crippen LogP contribution in [0.3, 0.4) is 0 Å². The van der Waals surface area contributed by atoms with E-state index in [1.807, 2.05) is 35.2 Å². The Morgan fingerprint density at radius 3 is 2.84 bits per heavy atom. The van der Waals surface area contributed by atoms with E-state index >= 15 is 0 Å². The second-order valence-electron chi connectivity index (χ2n) is 6.70. The first-order valence-electron chi connectivity index (χ1n) is 9.19. The van der Waals surface area contributed by atoms with Crippen LogP contribution in [0.15, 0.2) is 30.3 Å². The van der Waals surface area contributed by atoms with Crippen molar-refractivity contribution in [2.75, 3.05) is 32.8 Å². The summed E-state index contributed by atoms with van der Waals surface area (Å²) in [6, 6.07) is 9.75. The highest BCUT2D eigenvalue weighted by molar-refractivity contribution is 5.84. The summed E-state index contributed by atoms with van der Waals surface area (Å²) in [4.78, 5) is 28.5. The largest absolute Gasteiger partial charge is 0.371 e. The molecule has 1 aromatic rings. The topological polar surface area (TPSA) is 61.9 Å². The predicted molar refractivity (Wildman–Crippen MR) is 95.1 cm³/mol. The number of nitrogens with one attached hydrogen (secondary N) is 1. The van der Waals surface area contributed by atoms with Gasteiger partial charge in [-0.05, 0) is 24.8 Å². The van der Waals surface area contributed by atoms with Crippen LogP contribution in [-0.4, -0.2) is 60.6 Å². The second-order valence-corrected chi connectivity index (χ2v) is 6.70. The maximum absolute atomic E-state index is 12.7. The zero-order valence-corrected chi connectivity index (χ0v) is 14.8. The molecule has 3 amide bonds. The molecule has 136 valence electrons. The summed E-state index contributed by atoms with van der Waals surface area (Å²) >= 11 is 0. The third-order valence-electron chi connectivity index (χ3n) is 4.84. The van der Waals surface area contributed by atoms with Crippen molar-refractivity contribution in [2.24, 2.45) is 0 Å². The highest BCUT2D eigenvalue weighted by Crippen LogP contribution is 2.29. The fourth-order valence-corrected chi connectivity index (χ4v) is 3.56. The van der Waals surface area contributed by atoms with Crippen molar-refractivity contribution in [1.82, 2.24) is 15.1 Å². The molecule has 0 unspecified atom stereocenters. The number of urea groups is 1. The van der Waals surface area contributed by atoms with Gasteiger partial charge in [0.1, 0.15) is 12.6 Å². The summed E-state index contributed by atoms with van der Waals surface area (Å²) in [6.07, 6.45) is 2.43. The molecule has 6 nitrogen and oxygen atoms in total. The van der Waals surface area contributed by atoms with Gasteiger partial charge in [-0.2, -0.15) is 0 Å². The smallest absolute Gasteiger partial charge is 0.318 e. The molecule has 3 rings (SSSR count). The Morgan fingerprint density at radius 1 is 1.28 bits per heavy atom. The van der Waals surface area contributed by atoms with Crippen molar-refractivity contribution in [3.05, 3.63) is 35.9 Å². The van der Waals surface area contributed by atoms with Gasteiger partial charge < -0.3 is 19.9 Å². The van der Waals surface area contributed by atoms with E-state index in [4.69, 9.17) is 4.74 Å². The lowest BCUT2D eigenvalue weighted by molar-refractivity contribution is -0.130. The van der Waals surface area contributed by atoms with E-state index in [-0.39, 0.29) is 30.6 Å². The lowest BCUT2D eigenvalue weighted by Crippen LogP contribution is -2.48. The molecule has 2 fully saturated rings. The summed E-state index contributed by atoms with van der Waals surface area (Å²) < 4.78 is 5.83. The number of rotatable bonds is 4. The van der Waals surface area contributed by atoms with Crippen molar-refractivity contribution in [1.29, 1.82) is 0 Å². The SMILES string of the molecule is CCCN1CCCN(C(=O)N[C@H]2CCO[C@@H]2c2ccccc2)CC1=O. The maximum atomic E-state index is 12.7. The molecule has 2 aliphatic rings. The first-order valence-corrected chi connectivity index (χ1v) is 9.19. The molecule has 0 saturated carbocycles. The van der Waals surface area contributed by atoms with Crippen LogP contribution in [0.2, 0.25) is 0 Å². The zero-order chi connectivity index (χ0) is 17.6. The number of nitrogens with zero attached hydrogens (tertiary/aromatic N) is 2. The lowest BCUT2D eigenvalue weighted by Gasteiger charge is -2.26. The van der Waals surface area contributed by atoms with Crippen LogP contribution < -0.4 is 5.32 Å². The Labute approximate surface area is 149 Å². The fourth-order valence-electron chi connectivity index (χ4n) is 3.56. The van der Waals surface area contributed by atoms with Gasteiger partial charge in [-0.15, -0.1) is 0 Å². The number of amides is 3. The number of hydrogen-bond donors (Lipinski definition) is 1. The summed E-state index contributed by atoms with van der Waals surface area (Å²) in [6.45, 7) is 4.97. The number of benzene rings is 1. The average molecular weight is 345 g/mol. The van der Waals surface area contributed by atoms with Crippen molar-refractivity contribution >= 4 is 11.9 Å². The van der Waals surface area contributed by atoms with Crippen molar-refractivity contribution in [3.8, 4) is 0 Å². The van der Waals surface area contributed by atoms with E-state index in [9.17, 15) is 9.59 Å². The summed E-state index contributed by atoms with van der Waals surface area (Å²) in [5, 5.41) is 3.08. The third-order valence-corrected chi connectivity index (χ3v) is 4.84. The molecule has 2 saturated heterocycles. The minimum atomic E-state index is -0.164. The first-order chi connectivity index (χ1) is 12.2. The standard InChI is InChI=1S/C19H27N3O3/c1-2-10-21-11-6-12-22(14-17(21)23)19(24)20-16-9-13-25-18(16)15-7-4-3-5-8-15/h3-5,7-8,16,18H,2,6,9-14H2,1H3,(H,20,24)/t16-,18+/m0/s1. The van der Waals surface area contributed by atoms with Crippen LogP contribution in [0.5, 0.6) is 0 Å². The molecule has 0 spiro atoms. The van der Waals surface area contributed by atoms with Gasteiger partial charge in [0.15, 0.2) is 0 Å². The van der Waals surface area contributed by atoms with E-state index in [2.05, 4.69) is 12.2 Å². The van der Waals surface area contributed by atoms with Gasteiger partial charge in [0, 0.05) is 26.2 Å². The summed E-state index contributed by atoms with van der Waals surface area (Å²) in [5.74, 6) is 0.0387. The Balaban J connectivity index is 1.60. The monoisotopic (exact) mass is 345 g/mol. The molecule has 2 aliphatic heterocycles. The molecule has 1 N–H and O–H groups in total. The molecular weight excluding hydrogens is 318 g/mol. The van der Waals surface area contributed by atoms with Gasteiger partial charge in [-0.3, -0.25) is 4.79 Å². The Bertz CT molecular complexity index is 593. The van der Waals surface area contributed by atoms with Crippen molar-refractivity contribution in [2.45, 2.75) is 38.3 Å². The van der Waals surface area contributed by atoms with Crippen LogP contribution in [0.1, 0.15) is 37.9 Å². The predicted octanol–water partition coefficient (Wildman–Crippen LogP) is 2.17. The van der Waals surface area contributed by atoms with Crippen LogP contribution >= 0.6 is 0 Å². The number of carbonyl (C=O) groups is 2. The molecule has 25 heavy (non-hydrogen) atoms. The number of ether oxygens (including phenoxy) is 1. The van der Waals surface area contributed by atoms with Gasteiger partial charge in [0.25, 0.3) is 0 Å². The van der Waals surface area contributed by atoms with E-state index in [0.717, 1.165) is 37.9 Å². The Kier molecular flexibility index (Phi) is 5.91. The highest BCUT2D eigenvalue weighted by Gasteiger charge is 2.33. The molecule has 0 aromatic heterocycles. The highest BCUT2D eigenvalue weighted by atomic mass is 16.5. The summed E-state index contributed by atoms with van der Waals surface area (Å²) in [5.41, 5.74) is 1.08. The van der Waals surface area contributed by atoms with E-state index < -0.39 is 0 Å². The van der Waals surface area contributed by atoms with Crippen molar-refractivity contribution in [3.63, 3.8) is 0 Å². The minimum absolute atomic E-state index is 0.0387. The number of hydrogen-bond acceptors (Lipinski definition) is 3. The molecule has 0 aliphatic carbocycles. The van der Waals surface area contributed by atoms with Gasteiger partial charge in [-0.1, -0.05) is 37.3 Å². The van der Waals surface area contributed by atoms with Gasteiger partial charge in [0.05, 0.1) is 6.04 Å². The third kappa shape index (κ3) is 4.31. The average Bonchev–Trinajstić information content (AvgIpc) is 3.00. The molecule has 2 atom stereocenters. The van der Waals surface area contributed by atoms with Gasteiger partial charge in [0.2, 0.25) is 5.91 Å². The number of carbonyl (C=O) groups excluding carboxylic acids is 2. The molecule has 0 radical (unpaired) electrons. The Morgan fingerprint density at radius 2 is 2.08 bits per heavy atom. The maximum Gasteiger partial charge on any atom is 0.318 e. The van der Waals surface area contributed by atoms with E-state index in [1.165, 1.54) is 0 Å². The van der Waals surface area contributed by atoms with Crippen LogP contribution in [0.25, 0.3) is 0 Å². The Hall–Kier alpha value is -2.08. The molecular formula is C19H27N3O3. The lowest BCUT2D eigenvalue weighted by atomic mass is 10.0. The van der Waals surface area contributed by atoms with Gasteiger partial charge >= 0.3 is 6.03 Å². The van der Waals surface area contributed by atoms with Crippen LogP contribution in [0, 0.1) is 0 Å². The fraction of sp³-hybridized carbons (Fsp3) is 0.579. The van der Waals surface area contributed by atoms with E-state index in [0.29, 0.717) is 13.2 Å². The van der Waals surface area contributed by atoms with Crippen LogP contribution in [0.4, 0.5) is 4.79 Å². The second kappa shape index (κ2) is 8.34. The quantitative estimate of drug-likeness (QED) is 0.910. The molecule has 2 heterocycles. The molecule has 6 heteroatoms. The summed E-state index contributed by atoms with van der Waals surface area (Å²) in [7, 11) is 0. The first kappa shape index (κ1) is 17.7. The normalized spacial score (nSPS) is 24.3. The zero-order valence-electron chi connectivity index (χ0n) is 14.8. The van der Waals surface area contributed by atoms with Crippen LogP contribution in [-0.2, 0) is 9.53 Å². The minimum Gasteiger partial charge on any atom is -0.371 e. The molecule has 1 aromatic carbocycles. The van der Waals surface area contributed by atoms with E-state index in [1.54, 1.807) is 4.90 Å². The van der Waals surface area contributed by atoms with Crippen molar-refractivity contribution < 1.29 is 14.3 Å². The molecule has 0 bridgehead atoms. The van der Waals surface area contributed by atoms with Gasteiger partial charge in [-0.25, -0.2) is 4.79 Å².